The smallest absolute Gasteiger partial charge is 0.132 e. The fraction of sp³-hybridized carbons (Fsp3) is 0.923. The Bertz CT molecular complexity index is 205. The average Bonchev–Trinajstić information content (AvgIpc) is 2.19. The lowest BCUT2D eigenvalue weighted by molar-refractivity contribution is -0.125. The Kier molecular flexibility index (Phi) is 3.39. The molecule has 1 aliphatic carbocycles. The molecule has 0 heterocycles. The molecule has 0 N–H and O–H groups in total. The summed E-state index contributed by atoms with van der Waals surface area (Å²) >= 11 is 0. The van der Waals surface area contributed by atoms with E-state index in [1.165, 1.54) is 12.8 Å². The van der Waals surface area contributed by atoms with E-state index < -0.39 is 0 Å². The fourth-order valence-electron chi connectivity index (χ4n) is 2.89. The molecule has 1 heteroatoms. The van der Waals surface area contributed by atoms with E-state index in [2.05, 4.69) is 27.7 Å². The highest BCUT2D eigenvalue weighted by Crippen LogP contribution is 2.52. The number of rotatable bonds is 3. The largest absolute Gasteiger partial charge is 0.300 e. The Labute approximate surface area is 88.3 Å². The van der Waals surface area contributed by atoms with Crippen LogP contribution in [0.3, 0.4) is 0 Å². The summed E-state index contributed by atoms with van der Waals surface area (Å²) in [7, 11) is 0. The fourth-order valence-corrected chi connectivity index (χ4v) is 2.89. The summed E-state index contributed by atoms with van der Waals surface area (Å²) in [4.78, 5) is 11.3. The molecule has 0 aliphatic heterocycles. The van der Waals surface area contributed by atoms with E-state index in [-0.39, 0.29) is 0 Å². The van der Waals surface area contributed by atoms with Crippen molar-refractivity contribution >= 4 is 5.78 Å². The molecule has 1 fully saturated rings. The predicted octanol–water partition coefficient (Wildman–Crippen LogP) is 3.96. The zero-order valence-corrected chi connectivity index (χ0v) is 10.2. The summed E-state index contributed by atoms with van der Waals surface area (Å²) in [5.74, 6) is 0.473. The van der Waals surface area contributed by atoms with Crippen LogP contribution in [0.2, 0.25) is 0 Å². The third-order valence-electron chi connectivity index (χ3n) is 4.76. The molecule has 0 aromatic rings. The van der Waals surface area contributed by atoms with Crippen LogP contribution in [0.5, 0.6) is 0 Å². The van der Waals surface area contributed by atoms with Gasteiger partial charge < -0.3 is 0 Å². The van der Waals surface area contributed by atoms with E-state index in [1.54, 1.807) is 0 Å². The van der Waals surface area contributed by atoms with Crippen molar-refractivity contribution in [2.45, 2.75) is 66.2 Å². The molecular formula is C13H24O. The second-order valence-corrected chi connectivity index (χ2v) is 5.41. The first-order valence-electron chi connectivity index (χ1n) is 5.99. The molecular weight excluding hydrogens is 172 g/mol. The molecule has 0 spiro atoms. The molecule has 0 saturated heterocycles. The summed E-state index contributed by atoms with van der Waals surface area (Å²) in [6.07, 6.45) is 6.30. The van der Waals surface area contributed by atoms with Crippen LogP contribution in [0.25, 0.3) is 0 Å². The van der Waals surface area contributed by atoms with Crippen molar-refractivity contribution in [3.8, 4) is 0 Å². The van der Waals surface area contributed by atoms with Gasteiger partial charge in [-0.3, -0.25) is 4.79 Å². The van der Waals surface area contributed by atoms with Gasteiger partial charge >= 0.3 is 0 Å². The maximum atomic E-state index is 11.3. The van der Waals surface area contributed by atoms with Crippen LogP contribution >= 0.6 is 0 Å². The van der Waals surface area contributed by atoms with Crippen LogP contribution in [0.4, 0.5) is 0 Å². The van der Waals surface area contributed by atoms with Gasteiger partial charge in [0.2, 0.25) is 0 Å². The molecule has 0 amide bonds. The minimum Gasteiger partial charge on any atom is -0.300 e. The van der Waals surface area contributed by atoms with Gasteiger partial charge in [0, 0.05) is 12.8 Å². The van der Waals surface area contributed by atoms with E-state index in [0.29, 0.717) is 16.6 Å². The number of carbonyl (C=O) groups excluding carboxylic acids is 1. The Morgan fingerprint density at radius 1 is 1.21 bits per heavy atom. The number of Topliss-reactive ketones (excluding diaryl/α,β-unsaturated/α-hetero) is 1. The van der Waals surface area contributed by atoms with Crippen molar-refractivity contribution < 1.29 is 4.79 Å². The highest BCUT2D eigenvalue weighted by Gasteiger charge is 2.44. The lowest BCUT2D eigenvalue weighted by Crippen LogP contribution is -2.40. The Balaban J connectivity index is 2.82. The van der Waals surface area contributed by atoms with Crippen LogP contribution in [-0.2, 0) is 4.79 Å². The number of hydrogen-bond acceptors (Lipinski definition) is 1. The van der Waals surface area contributed by atoms with Crippen molar-refractivity contribution in [2.24, 2.45) is 10.8 Å². The third kappa shape index (κ3) is 1.87. The lowest BCUT2D eigenvalue weighted by atomic mass is 9.56. The molecule has 0 unspecified atom stereocenters. The molecule has 0 bridgehead atoms. The molecule has 0 radical (unpaired) electrons. The quantitative estimate of drug-likeness (QED) is 0.667. The van der Waals surface area contributed by atoms with Crippen molar-refractivity contribution in [2.75, 3.05) is 0 Å². The third-order valence-corrected chi connectivity index (χ3v) is 4.76. The van der Waals surface area contributed by atoms with Crippen molar-refractivity contribution in [3.05, 3.63) is 0 Å². The van der Waals surface area contributed by atoms with Gasteiger partial charge in [0.15, 0.2) is 0 Å². The SMILES string of the molecule is CCC(C)(C)C1(CC)CCC(=O)CC1. The van der Waals surface area contributed by atoms with E-state index in [0.717, 1.165) is 25.7 Å². The molecule has 0 aromatic carbocycles. The average molecular weight is 196 g/mol. The van der Waals surface area contributed by atoms with E-state index >= 15 is 0 Å². The standard InChI is InChI=1S/C13H24O/c1-5-12(3,4)13(6-2)9-7-11(14)8-10-13/h5-10H2,1-4H3. The first-order chi connectivity index (χ1) is 6.47. The Morgan fingerprint density at radius 2 is 1.71 bits per heavy atom. The van der Waals surface area contributed by atoms with Gasteiger partial charge in [-0.15, -0.1) is 0 Å². The summed E-state index contributed by atoms with van der Waals surface area (Å²) in [5.41, 5.74) is 0.818. The van der Waals surface area contributed by atoms with Crippen molar-refractivity contribution in [3.63, 3.8) is 0 Å². The van der Waals surface area contributed by atoms with Gasteiger partial charge in [-0.05, 0) is 30.1 Å². The van der Waals surface area contributed by atoms with Gasteiger partial charge in [-0.25, -0.2) is 0 Å². The lowest BCUT2D eigenvalue weighted by Gasteiger charge is -2.48. The number of hydrogen-bond donors (Lipinski definition) is 0. The zero-order chi connectivity index (χ0) is 10.8. The minimum atomic E-state index is 0.391. The summed E-state index contributed by atoms with van der Waals surface area (Å²) < 4.78 is 0. The van der Waals surface area contributed by atoms with Crippen LogP contribution in [0, 0.1) is 10.8 Å². The topological polar surface area (TPSA) is 17.1 Å². The maximum Gasteiger partial charge on any atom is 0.132 e. The van der Waals surface area contributed by atoms with Crippen molar-refractivity contribution in [1.82, 2.24) is 0 Å². The molecule has 1 rings (SSSR count). The highest BCUT2D eigenvalue weighted by molar-refractivity contribution is 5.79. The van der Waals surface area contributed by atoms with Gasteiger partial charge in [-0.1, -0.05) is 34.1 Å². The van der Waals surface area contributed by atoms with Crippen LogP contribution in [-0.4, -0.2) is 5.78 Å². The second kappa shape index (κ2) is 4.04. The Morgan fingerprint density at radius 3 is 2.07 bits per heavy atom. The molecule has 0 aromatic heterocycles. The molecule has 14 heavy (non-hydrogen) atoms. The molecule has 1 nitrogen and oxygen atoms in total. The number of ketones is 1. The monoisotopic (exact) mass is 196 g/mol. The second-order valence-electron chi connectivity index (χ2n) is 5.41. The van der Waals surface area contributed by atoms with Crippen LogP contribution in [0.1, 0.15) is 66.2 Å². The summed E-state index contributed by atoms with van der Waals surface area (Å²) in [6.45, 7) is 9.29. The van der Waals surface area contributed by atoms with E-state index in [1.807, 2.05) is 0 Å². The van der Waals surface area contributed by atoms with E-state index in [4.69, 9.17) is 0 Å². The number of carbonyl (C=O) groups is 1. The van der Waals surface area contributed by atoms with Gasteiger partial charge in [0.25, 0.3) is 0 Å². The summed E-state index contributed by atoms with van der Waals surface area (Å²) in [6, 6.07) is 0. The molecule has 0 atom stereocenters. The van der Waals surface area contributed by atoms with Gasteiger partial charge in [-0.2, -0.15) is 0 Å². The molecule has 1 aliphatic rings. The molecule has 82 valence electrons. The van der Waals surface area contributed by atoms with Gasteiger partial charge in [0.05, 0.1) is 0 Å². The predicted molar refractivity (Wildman–Crippen MR) is 60.3 cm³/mol. The Hall–Kier alpha value is -0.330. The van der Waals surface area contributed by atoms with Gasteiger partial charge in [0.1, 0.15) is 5.78 Å². The summed E-state index contributed by atoms with van der Waals surface area (Å²) in [5, 5.41) is 0. The maximum absolute atomic E-state index is 11.3. The molecule has 1 saturated carbocycles. The van der Waals surface area contributed by atoms with Crippen LogP contribution < -0.4 is 0 Å². The normalized spacial score (nSPS) is 22.4. The zero-order valence-electron chi connectivity index (χ0n) is 10.2. The first kappa shape index (κ1) is 11.7. The highest BCUT2D eigenvalue weighted by atomic mass is 16.1. The minimum absolute atomic E-state index is 0.391. The first-order valence-corrected chi connectivity index (χ1v) is 5.99. The van der Waals surface area contributed by atoms with Crippen LogP contribution in [0.15, 0.2) is 0 Å². The van der Waals surface area contributed by atoms with Crippen molar-refractivity contribution in [1.29, 1.82) is 0 Å². The van der Waals surface area contributed by atoms with E-state index in [9.17, 15) is 4.79 Å².